The van der Waals surface area contributed by atoms with E-state index in [1.807, 2.05) is 37.0 Å². The van der Waals surface area contributed by atoms with Gasteiger partial charge in [-0.3, -0.25) is 0 Å². The zero-order valence-electron chi connectivity index (χ0n) is 10.6. The first kappa shape index (κ1) is 12.8. The molecule has 2 nitrogen and oxygen atoms in total. The Hall–Kier alpha value is -1.23. The lowest BCUT2D eigenvalue weighted by Crippen LogP contribution is -2.17. The van der Waals surface area contributed by atoms with Crippen molar-refractivity contribution in [2.24, 2.45) is 0 Å². The first-order valence-corrected chi connectivity index (χ1v) is 8.05. The average Bonchev–Trinajstić information content (AvgIpc) is 3.08. The maximum atomic E-state index is 5.92. The van der Waals surface area contributed by atoms with E-state index >= 15 is 0 Å². The predicted octanol–water partition coefficient (Wildman–Crippen LogP) is 4.55. The van der Waals surface area contributed by atoms with E-state index in [-0.39, 0.29) is 6.04 Å². The lowest BCUT2D eigenvalue weighted by atomic mass is 10.2. The minimum absolute atomic E-state index is 0.236. The zero-order chi connectivity index (χ0) is 13.1. The van der Waals surface area contributed by atoms with Crippen molar-refractivity contribution in [2.75, 3.05) is 12.8 Å². The Bertz CT molecular complexity index is 612. The SMILES string of the molecule is CNC(CSc1cccs1)c1cc2ccccc2o1. The van der Waals surface area contributed by atoms with E-state index in [0.29, 0.717) is 0 Å². The van der Waals surface area contributed by atoms with Crippen LogP contribution in [-0.2, 0) is 0 Å². The smallest absolute Gasteiger partial charge is 0.134 e. The standard InChI is InChI=1S/C15H15NOS2/c1-16-12(10-19-15-7-4-8-18-15)14-9-11-5-2-3-6-13(11)17-14/h2-9,12,16H,10H2,1H3. The van der Waals surface area contributed by atoms with Gasteiger partial charge in [0.15, 0.2) is 0 Å². The molecule has 2 aromatic heterocycles. The number of thioether (sulfide) groups is 1. The molecule has 0 amide bonds. The third-order valence-electron chi connectivity index (χ3n) is 3.02. The van der Waals surface area contributed by atoms with Crippen LogP contribution in [-0.4, -0.2) is 12.8 Å². The molecule has 1 aromatic carbocycles. The Balaban J connectivity index is 1.77. The van der Waals surface area contributed by atoms with Gasteiger partial charge in [0.1, 0.15) is 11.3 Å². The Morgan fingerprint density at radius 3 is 2.89 bits per heavy atom. The van der Waals surface area contributed by atoms with Gasteiger partial charge in [0, 0.05) is 11.1 Å². The summed E-state index contributed by atoms with van der Waals surface area (Å²) < 4.78 is 7.26. The van der Waals surface area contributed by atoms with Crippen LogP contribution in [0.1, 0.15) is 11.8 Å². The van der Waals surface area contributed by atoms with E-state index < -0.39 is 0 Å². The van der Waals surface area contributed by atoms with Crippen molar-refractivity contribution in [1.82, 2.24) is 5.32 Å². The predicted molar refractivity (Wildman–Crippen MR) is 83.1 cm³/mol. The van der Waals surface area contributed by atoms with Crippen molar-refractivity contribution >= 4 is 34.1 Å². The molecule has 0 spiro atoms. The number of hydrogen-bond donors (Lipinski definition) is 1. The van der Waals surface area contributed by atoms with Crippen LogP contribution in [0.2, 0.25) is 0 Å². The molecule has 98 valence electrons. The van der Waals surface area contributed by atoms with Crippen molar-refractivity contribution in [3.63, 3.8) is 0 Å². The first-order chi connectivity index (χ1) is 9.36. The number of furan rings is 1. The van der Waals surface area contributed by atoms with Crippen molar-refractivity contribution in [1.29, 1.82) is 0 Å². The van der Waals surface area contributed by atoms with Crippen LogP contribution in [0.25, 0.3) is 11.0 Å². The van der Waals surface area contributed by atoms with Crippen LogP contribution < -0.4 is 5.32 Å². The van der Waals surface area contributed by atoms with Gasteiger partial charge < -0.3 is 9.73 Å². The molecule has 0 bridgehead atoms. The number of rotatable bonds is 5. The van der Waals surface area contributed by atoms with Crippen LogP contribution in [0.5, 0.6) is 0 Å². The van der Waals surface area contributed by atoms with Gasteiger partial charge in [-0.2, -0.15) is 0 Å². The number of benzene rings is 1. The van der Waals surface area contributed by atoms with Crippen LogP contribution in [0.4, 0.5) is 0 Å². The molecular formula is C15H15NOS2. The van der Waals surface area contributed by atoms with Crippen LogP contribution in [0.15, 0.2) is 56.5 Å². The highest BCUT2D eigenvalue weighted by Gasteiger charge is 2.15. The number of hydrogen-bond acceptors (Lipinski definition) is 4. The van der Waals surface area contributed by atoms with Crippen LogP contribution in [0, 0.1) is 0 Å². The van der Waals surface area contributed by atoms with E-state index in [1.165, 1.54) is 9.60 Å². The topological polar surface area (TPSA) is 25.2 Å². The molecule has 4 heteroatoms. The van der Waals surface area contributed by atoms with Gasteiger partial charge in [0.2, 0.25) is 0 Å². The minimum Gasteiger partial charge on any atom is -0.459 e. The highest BCUT2D eigenvalue weighted by atomic mass is 32.2. The van der Waals surface area contributed by atoms with Gasteiger partial charge in [-0.15, -0.1) is 23.1 Å². The van der Waals surface area contributed by atoms with E-state index in [1.54, 1.807) is 11.3 Å². The van der Waals surface area contributed by atoms with E-state index in [4.69, 9.17) is 4.42 Å². The molecule has 2 heterocycles. The van der Waals surface area contributed by atoms with Crippen LogP contribution >= 0.6 is 23.1 Å². The Labute approximate surface area is 120 Å². The lowest BCUT2D eigenvalue weighted by molar-refractivity contribution is 0.479. The summed E-state index contributed by atoms with van der Waals surface area (Å²) >= 11 is 3.64. The van der Waals surface area contributed by atoms with Gasteiger partial charge >= 0.3 is 0 Å². The quantitative estimate of drug-likeness (QED) is 0.698. The molecule has 1 N–H and O–H groups in total. The molecule has 0 aliphatic rings. The summed E-state index contributed by atoms with van der Waals surface area (Å²) in [6, 6.07) is 14.7. The van der Waals surface area contributed by atoms with E-state index in [9.17, 15) is 0 Å². The normalized spacial score (nSPS) is 12.9. The third-order valence-corrected chi connectivity index (χ3v) is 5.25. The Kier molecular flexibility index (Phi) is 3.92. The largest absolute Gasteiger partial charge is 0.459 e. The van der Waals surface area contributed by atoms with Crippen molar-refractivity contribution in [3.8, 4) is 0 Å². The van der Waals surface area contributed by atoms with Crippen molar-refractivity contribution in [2.45, 2.75) is 10.3 Å². The van der Waals surface area contributed by atoms with E-state index in [0.717, 1.165) is 17.1 Å². The Morgan fingerprint density at radius 2 is 2.16 bits per heavy atom. The molecular weight excluding hydrogens is 274 g/mol. The third kappa shape index (κ3) is 2.86. The molecule has 0 saturated carbocycles. The van der Waals surface area contributed by atoms with Crippen molar-refractivity contribution < 1.29 is 4.42 Å². The number of fused-ring (bicyclic) bond motifs is 1. The monoisotopic (exact) mass is 289 g/mol. The molecule has 0 fully saturated rings. The number of thiophene rings is 1. The maximum absolute atomic E-state index is 5.92. The van der Waals surface area contributed by atoms with Crippen molar-refractivity contribution in [3.05, 3.63) is 53.6 Å². The summed E-state index contributed by atoms with van der Waals surface area (Å²) in [7, 11) is 1.98. The summed E-state index contributed by atoms with van der Waals surface area (Å²) in [5, 5.41) is 6.61. The first-order valence-electron chi connectivity index (χ1n) is 6.19. The average molecular weight is 289 g/mol. The van der Waals surface area contributed by atoms with Crippen LogP contribution in [0.3, 0.4) is 0 Å². The van der Waals surface area contributed by atoms with Gasteiger partial charge in [0.25, 0.3) is 0 Å². The summed E-state index contributed by atoms with van der Waals surface area (Å²) in [6.45, 7) is 0. The minimum atomic E-state index is 0.236. The molecule has 1 atom stereocenters. The molecule has 19 heavy (non-hydrogen) atoms. The number of nitrogens with one attached hydrogen (secondary N) is 1. The second kappa shape index (κ2) is 5.82. The van der Waals surface area contributed by atoms with Gasteiger partial charge in [-0.25, -0.2) is 0 Å². The molecule has 0 aliphatic heterocycles. The fourth-order valence-electron chi connectivity index (χ4n) is 1.99. The lowest BCUT2D eigenvalue weighted by Gasteiger charge is -2.12. The summed E-state index contributed by atoms with van der Waals surface area (Å²) in [5.74, 6) is 1.98. The second-order valence-corrected chi connectivity index (χ2v) is 6.54. The summed E-state index contributed by atoms with van der Waals surface area (Å²) in [5.41, 5.74) is 0.957. The van der Waals surface area contributed by atoms with Gasteiger partial charge in [-0.05, 0) is 30.6 Å². The highest BCUT2D eigenvalue weighted by Crippen LogP contribution is 2.30. The summed E-state index contributed by atoms with van der Waals surface area (Å²) in [4.78, 5) is 0. The Morgan fingerprint density at radius 1 is 1.26 bits per heavy atom. The summed E-state index contributed by atoms with van der Waals surface area (Å²) in [6.07, 6.45) is 0. The molecule has 3 aromatic rings. The molecule has 3 rings (SSSR count). The molecule has 0 aliphatic carbocycles. The van der Waals surface area contributed by atoms with Gasteiger partial charge in [-0.1, -0.05) is 24.3 Å². The highest BCUT2D eigenvalue weighted by molar-refractivity contribution is 8.01. The number of para-hydroxylation sites is 1. The molecule has 1 unspecified atom stereocenters. The fraction of sp³-hybridized carbons (Fsp3) is 0.200. The maximum Gasteiger partial charge on any atom is 0.134 e. The fourth-order valence-corrected chi connectivity index (χ4v) is 3.92. The van der Waals surface area contributed by atoms with Gasteiger partial charge in [0.05, 0.1) is 10.3 Å². The molecule has 0 radical (unpaired) electrons. The van der Waals surface area contributed by atoms with E-state index in [2.05, 4.69) is 35.0 Å². The zero-order valence-corrected chi connectivity index (χ0v) is 12.3. The second-order valence-electron chi connectivity index (χ2n) is 4.27. The molecule has 0 saturated heterocycles.